The molecule has 2 aromatic carbocycles. The van der Waals surface area contributed by atoms with Crippen molar-refractivity contribution in [2.24, 2.45) is 0 Å². The van der Waals surface area contributed by atoms with Gasteiger partial charge in [-0.1, -0.05) is 66.7 Å². The van der Waals surface area contributed by atoms with Crippen molar-refractivity contribution in [3.63, 3.8) is 0 Å². The van der Waals surface area contributed by atoms with Crippen molar-refractivity contribution >= 4 is 45.6 Å². The van der Waals surface area contributed by atoms with Crippen LogP contribution in [0.3, 0.4) is 0 Å². The zero-order valence-electron chi connectivity index (χ0n) is 23.5. The first-order valence-corrected chi connectivity index (χ1v) is 14.9. The summed E-state index contributed by atoms with van der Waals surface area (Å²) in [6, 6.07) is 12.0. The smallest absolute Gasteiger partial charge is 0.408 e. The van der Waals surface area contributed by atoms with Crippen molar-refractivity contribution < 1.29 is 52.1 Å². The third kappa shape index (κ3) is 13.6. The highest BCUT2D eigenvalue weighted by Crippen LogP contribution is 2.14. The summed E-state index contributed by atoms with van der Waals surface area (Å²) in [7, 11) is -3.61. The minimum atomic E-state index is -3.61. The van der Waals surface area contributed by atoms with Gasteiger partial charge in [0.2, 0.25) is 17.7 Å². The van der Waals surface area contributed by atoms with Crippen molar-refractivity contribution in [2.45, 2.75) is 37.6 Å². The number of aliphatic carboxylic acids is 2. The van der Waals surface area contributed by atoms with Crippen LogP contribution >= 0.6 is 0 Å². The fourth-order valence-corrected chi connectivity index (χ4v) is 4.07. The maximum absolute atomic E-state index is 13.1. The molecule has 0 bridgehead atoms. The number of hydrogen-bond donors (Lipinski definition) is 6. The number of nitrogens with one attached hydrogen (secondary N) is 4. The van der Waals surface area contributed by atoms with Crippen LogP contribution in [0, 0.1) is 0 Å². The maximum atomic E-state index is 13.1. The molecule has 3 atom stereocenters. The molecule has 2 rings (SSSR count). The van der Waals surface area contributed by atoms with Gasteiger partial charge < -0.3 is 36.2 Å². The molecule has 0 aromatic heterocycles. The first-order chi connectivity index (χ1) is 20.7. The number of hydrogen-bond acceptors (Lipinski definition) is 9. The second kappa shape index (κ2) is 17.0. The number of amides is 4. The molecular formula is C28H32N4O11S. The Balaban J connectivity index is 2.12. The van der Waals surface area contributed by atoms with E-state index in [9.17, 15) is 42.3 Å². The Labute approximate surface area is 252 Å². The second-order valence-electron chi connectivity index (χ2n) is 9.36. The summed E-state index contributed by atoms with van der Waals surface area (Å²) in [6.45, 7) is -0.841. The van der Waals surface area contributed by atoms with Crippen molar-refractivity contribution in [1.29, 1.82) is 0 Å². The predicted molar refractivity (Wildman–Crippen MR) is 154 cm³/mol. The van der Waals surface area contributed by atoms with Crippen molar-refractivity contribution in [3.8, 4) is 0 Å². The Morgan fingerprint density at radius 2 is 1.41 bits per heavy atom. The number of alkyl carbamates (subject to hydrolysis) is 1. The number of carbonyl (C=O) groups is 6. The number of benzene rings is 2. The molecule has 0 aliphatic heterocycles. The lowest BCUT2D eigenvalue weighted by Gasteiger charge is -2.23. The van der Waals surface area contributed by atoms with E-state index in [2.05, 4.69) is 21.3 Å². The third-order valence-corrected chi connectivity index (χ3v) is 6.26. The van der Waals surface area contributed by atoms with E-state index < -0.39 is 83.1 Å². The normalized spacial score (nSPS) is 13.1. The molecule has 0 heterocycles. The Kier molecular flexibility index (Phi) is 13.5. The number of carboxylic acid groups (broad SMARTS) is 2. The Morgan fingerprint density at radius 3 is 1.98 bits per heavy atom. The van der Waals surface area contributed by atoms with E-state index in [0.717, 1.165) is 17.7 Å². The zero-order valence-corrected chi connectivity index (χ0v) is 24.3. The number of rotatable bonds is 16. The minimum Gasteiger partial charge on any atom is -0.481 e. The Hall–Kier alpha value is -5.25. The molecule has 44 heavy (non-hydrogen) atoms. The van der Waals surface area contributed by atoms with Crippen LogP contribution in [0.2, 0.25) is 0 Å². The monoisotopic (exact) mass is 632 g/mol. The van der Waals surface area contributed by atoms with Crippen LogP contribution in [0.25, 0.3) is 0 Å². The fourth-order valence-electron chi connectivity index (χ4n) is 3.60. The molecule has 0 aliphatic rings. The molecule has 2 unspecified atom stereocenters. The lowest BCUT2D eigenvalue weighted by molar-refractivity contribution is -0.140. The molecule has 0 saturated carbocycles. The predicted octanol–water partition coefficient (Wildman–Crippen LogP) is 0.248. The quantitative estimate of drug-likeness (QED) is 0.147. The zero-order chi connectivity index (χ0) is 32.7. The number of carbonyl (C=O) groups excluding carboxylic acids is 4. The van der Waals surface area contributed by atoms with Gasteiger partial charge in [-0.05, 0) is 11.1 Å². The van der Waals surface area contributed by atoms with Crippen LogP contribution in [0.4, 0.5) is 4.79 Å². The maximum Gasteiger partial charge on any atom is 0.408 e. The Bertz CT molecular complexity index is 1460. The highest BCUT2D eigenvalue weighted by atomic mass is 32.2. The summed E-state index contributed by atoms with van der Waals surface area (Å²) in [6.07, 6.45) is -0.694. The third-order valence-electron chi connectivity index (χ3n) is 5.60. The van der Waals surface area contributed by atoms with E-state index in [1.807, 2.05) is 0 Å². The van der Waals surface area contributed by atoms with Gasteiger partial charge in [0.05, 0.1) is 25.4 Å². The molecule has 6 N–H and O–H groups in total. The van der Waals surface area contributed by atoms with Gasteiger partial charge in [0, 0.05) is 11.7 Å². The van der Waals surface area contributed by atoms with Gasteiger partial charge in [-0.25, -0.2) is 13.2 Å². The van der Waals surface area contributed by atoms with Gasteiger partial charge in [0.15, 0.2) is 9.84 Å². The first kappa shape index (κ1) is 34.9. The molecule has 0 aliphatic carbocycles. The van der Waals surface area contributed by atoms with E-state index in [1.165, 1.54) is 12.1 Å². The summed E-state index contributed by atoms with van der Waals surface area (Å²) in [5.41, 5.74) is 0.895. The summed E-state index contributed by atoms with van der Waals surface area (Å²) >= 11 is 0. The van der Waals surface area contributed by atoms with Crippen LogP contribution in [-0.2, 0) is 45.2 Å². The van der Waals surface area contributed by atoms with E-state index in [-0.39, 0.29) is 12.2 Å². The molecule has 2 aromatic rings. The van der Waals surface area contributed by atoms with Crippen molar-refractivity contribution in [1.82, 2.24) is 21.3 Å². The largest absolute Gasteiger partial charge is 0.481 e. The minimum absolute atomic E-state index is 0.150. The molecule has 16 heteroatoms. The molecule has 0 radical (unpaired) electrons. The molecule has 0 saturated heterocycles. The fraction of sp³-hybridized carbons (Fsp3) is 0.286. The molecule has 4 amide bonds. The van der Waals surface area contributed by atoms with E-state index in [1.54, 1.807) is 48.5 Å². The summed E-state index contributed by atoms with van der Waals surface area (Å²) in [5.74, 6) is -5.55. The van der Waals surface area contributed by atoms with E-state index in [4.69, 9.17) is 9.84 Å². The molecule has 0 fully saturated rings. The van der Waals surface area contributed by atoms with Crippen molar-refractivity contribution in [2.75, 3.05) is 12.8 Å². The molecular weight excluding hydrogens is 600 g/mol. The number of ether oxygens (including phenoxy) is 1. The topological polar surface area (TPSA) is 234 Å². The summed E-state index contributed by atoms with van der Waals surface area (Å²) in [4.78, 5) is 73.5. The number of carboxylic acids is 2. The lowest BCUT2D eigenvalue weighted by atomic mass is 10.0. The molecule has 236 valence electrons. The van der Waals surface area contributed by atoms with Gasteiger partial charge in [-0.15, -0.1) is 0 Å². The average Bonchev–Trinajstić information content (AvgIpc) is 2.96. The SMILES string of the molecule is CS(=O)(=O)/C=C/C(CC(=O)O)NC(=O)CNC(=O)C(NC(=O)[C@H](CC(=O)O)NC(=O)OCc1ccccc1)c1ccccc1. The van der Waals surface area contributed by atoms with Crippen LogP contribution in [0.1, 0.15) is 30.0 Å². The van der Waals surface area contributed by atoms with Gasteiger partial charge in [-0.3, -0.25) is 24.0 Å². The van der Waals surface area contributed by atoms with E-state index in [0.29, 0.717) is 5.56 Å². The first-order valence-electron chi connectivity index (χ1n) is 12.9. The Morgan fingerprint density at radius 1 is 0.818 bits per heavy atom. The van der Waals surface area contributed by atoms with Gasteiger partial charge >= 0.3 is 18.0 Å². The van der Waals surface area contributed by atoms with Gasteiger partial charge in [-0.2, -0.15) is 0 Å². The van der Waals surface area contributed by atoms with Crippen LogP contribution in [0.5, 0.6) is 0 Å². The highest BCUT2D eigenvalue weighted by Gasteiger charge is 2.30. The van der Waals surface area contributed by atoms with Crippen LogP contribution < -0.4 is 21.3 Å². The molecule has 0 spiro atoms. The summed E-state index contributed by atoms with van der Waals surface area (Å²) in [5, 5.41) is 28.2. The van der Waals surface area contributed by atoms with Crippen molar-refractivity contribution in [3.05, 3.63) is 83.3 Å². The van der Waals surface area contributed by atoms with Gasteiger partial charge in [0.25, 0.3) is 0 Å². The van der Waals surface area contributed by atoms with Crippen LogP contribution in [0.15, 0.2) is 72.1 Å². The summed E-state index contributed by atoms with van der Waals surface area (Å²) < 4.78 is 27.8. The van der Waals surface area contributed by atoms with E-state index >= 15 is 0 Å². The van der Waals surface area contributed by atoms with Gasteiger partial charge in [0.1, 0.15) is 18.7 Å². The lowest BCUT2D eigenvalue weighted by Crippen LogP contribution is -2.52. The standard InChI is InChI=1S/C28H32N4O11S/c1-44(41,42)13-12-20(14-23(34)35)30-22(33)16-29-27(39)25(19-10-6-3-7-11-19)32-26(38)21(15-24(36)37)31-28(40)43-17-18-8-4-2-5-9-18/h2-13,20-21,25H,14-17H2,1H3,(H,29,39)(H,30,33)(H,31,40)(H,32,38)(H,34,35)(H,36,37)/b13-12+/t20?,21-,25?/m0/s1. The van der Waals surface area contributed by atoms with Crippen LogP contribution in [-0.4, -0.2) is 79.3 Å². The highest BCUT2D eigenvalue weighted by molar-refractivity contribution is 7.93. The second-order valence-corrected chi connectivity index (χ2v) is 11.3. The number of sulfone groups is 1. The molecule has 15 nitrogen and oxygen atoms in total. The average molecular weight is 633 g/mol.